The molecule has 2 aromatic carbocycles. The van der Waals surface area contributed by atoms with Crippen LogP contribution >= 0.6 is 15.9 Å². The number of rotatable bonds is 4. The number of hydrogen-bond acceptors (Lipinski definition) is 2. The minimum Gasteiger partial charge on any atom is -0.399 e. The van der Waals surface area contributed by atoms with Crippen molar-refractivity contribution in [3.63, 3.8) is 0 Å². The van der Waals surface area contributed by atoms with Crippen molar-refractivity contribution in [1.82, 2.24) is 0 Å². The fourth-order valence-corrected chi connectivity index (χ4v) is 2.35. The van der Waals surface area contributed by atoms with Crippen molar-refractivity contribution in [2.45, 2.75) is 19.3 Å². The number of benzene rings is 2. The minimum absolute atomic E-state index is 0.0316. The van der Waals surface area contributed by atoms with E-state index in [1.165, 1.54) is 12.1 Å². The third-order valence-corrected chi connectivity index (χ3v) is 3.70. The first kappa shape index (κ1) is 15.5. The second-order valence-electron chi connectivity index (χ2n) is 4.94. The van der Waals surface area contributed by atoms with Crippen LogP contribution in [0.3, 0.4) is 0 Å². The Morgan fingerprint density at radius 1 is 1.29 bits per heavy atom. The Balaban J connectivity index is 1.99. The number of halogens is 2. The van der Waals surface area contributed by atoms with Crippen LogP contribution in [0.25, 0.3) is 0 Å². The molecule has 0 saturated heterocycles. The van der Waals surface area contributed by atoms with Crippen molar-refractivity contribution in [3.05, 3.63) is 58.3 Å². The zero-order chi connectivity index (χ0) is 15.4. The number of hydrogen-bond donors (Lipinski definition) is 2. The van der Waals surface area contributed by atoms with Gasteiger partial charge in [0.15, 0.2) is 0 Å². The highest BCUT2D eigenvalue weighted by Gasteiger charge is 2.13. The molecule has 110 valence electrons. The van der Waals surface area contributed by atoms with Gasteiger partial charge in [0.2, 0.25) is 5.91 Å². The Kier molecular flexibility index (Phi) is 4.96. The highest BCUT2D eigenvalue weighted by molar-refractivity contribution is 9.10. The van der Waals surface area contributed by atoms with Crippen molar-refractivity contribution in [3.8, 4) is 0 Å². The molecule has 1 amide bonds. The average molecular weight is 351 g/mol. The molecule has 2 rings (SSSR count). The molecule has 3 nitrogen and oxygen atoms in total. The first-order chi connectivity index (χ1) is 9.95. The summed E-state index contributed by atoms with van der Waals surface area (Å²) >= 11 is 3.18. The van der Waals surface area contributed by atoms with Gasteiger partial charge in [0, 0.05) is 16.6 Å². The lowest BCUT2D eigenvalue weighted by Crippen LogP contribution is -2.15. The highest BCUT2D eigenvalue weighted by Crippen LogP contribution is 2.23. The van der Waals surface area contributed by atoms with E-state index in [1.807, 2.05) is 19.1 Å². The van der Waals surface area contributed by atoms with E-state index in [4.69, 9.17) is 5.73 Å². The second-order valence-corrected chi connectivity index (χ2v) is 5.86. The van der Waals surface area contributed by atoms with Crippen LogP contribution in [-0.2, 0) is 4.79 Å². The summed E-state index contributed by atoms with van der Waals surface area (Å²) in [5, 5.41) is 2.59. The molecule has 0 aliphatic heterocycles. The van der Waals surface area contributed by atoms with Gasteiger partial charge in [-0.3, -0.25) is 4.79 Å². The van der Waals surface area contributed by atoms with Crippen LogP contribution < -0.4 is 11.1 Å². The maximum absolute atomic E-state index is 13.7. The first-order valence-corrected chi connectivity index (χ1v) is 7.35. The molecule has 0 bridgehead atoms. The normalized spacial score (nSPS) is 12.0. The number of amides is 1. The van der Waals surface area contributed by atoms with Gasteiger partial charge in [0.05, 0.1) is 5.69 Å². The standard InChI is InChI=1S/C16H16BrFN2O/c1-10(11-2-5-13(19)6-3-11)8-16(21)20-15-7-4-12(17)9-14(15)18/h2-7,9-10H,8,19H2,1H3,(H,20,21). The lowest BCUT2D eigenvalue weighted by molar-refractivity contribution is -0.116. The van der Waals surface area contributed by atoms with Crippen molar-refractivity contribution in [1.29, 1.82) is 0 Å². The van der Waals surface area contributed by atoms with Gasteiger partial charge in [0.1, 0.15) is 5.82 Å². The molecule has 21 heavy (non-hydrogen) atoms. The average Bonchev–Trinajstić information content (AvgIpc) is 2.42. The highest BCUT2D eigenvalue weighted by atomic mass is 79.9. The molecule has 0 aromatic heterocycles. The third kappa shape index (κ3) is 4.29. The Bertz CT molecular complexity index is 643. The summed E-state index contributed by atoms with van der Waals surface area (Å²) in [6, 6.07) is 11.9. The van der Waals surface area contributed by atoms with Crippen LogP contribution in [0.2, 0.25) is 0 Å². The molecule has 0 saturated carbocycles. The summed E-state index contributed by atoms with van der Waals surface area (Å²) in [6.45, 7) is 1.95. The molecule has 0 aliphatic carbocycles. The number of nitrogens with two attached hydrogens (primary N) is 1. The van der Waals surface area contributed by atoms with E-state index >= 15 is 0 Å². The fourth-order valence-electron chi connectivity index (χ4n) is 2.01. The van der Waals surface area contributed by atoms with Crippen molar-refractivity contribution in [2.24, 2.45) is 0 Å². The summed E-state index contributed by atoms with van der Waals surface area (Å²) in [7, 11) is 0. The number of nitrogens with one attached hydrogen (secondary N) is 1. The lowest BCUT2D eigenvalue weighted by atomic mass is 9.97. The van der Waals surface area contributed by atoms with Gasteiger partial charge in [0.25, 0.3) is 0 Å². The summed E-state index contributed by atoms with van der Waals surface area (Å²) in [5.74, 6) is -0.650. The summed E-state index contributed by atoms with van der Waals surface area (Å²) < 4.78 is 14.3. The fraction of sp³-hybridized carbons (Fsp3) is 0.188. The molecule has 3 N–H and O–H groups in total. The van der Waals surface area contributed by atoms with Gasteiger partial charge in [-0.15, -0.1) is 0 Å². The minimum atomic E-state index is -0.460. The predicted octanol–water partition coefficient (Wildman–Crippen LogP) is 4.30. The predicted molar refractivity (Wildman–Crippen MR) is 86.6 cm³/mol. The van der Waals surface area contributed by atoms with Crippen LogP contribution in [0.15, 0.2) is 46.9 Å². The van der Waals surface area contributed by atoms with Gasteiger partial charge >= 0.3 is 0 Å². The maximum Gasteiger partial charge on any atom is 0.225 e. The van der Waals surface area contributed by atoms with Crippen LogP contribution in [0.5, 0.6) is 0 Å². The Morgan fingerprint density at radius 3 is 2.57 bits per heavy atom. The van der Waals surface area contributed by atoms with Gasteiger partial charge in [-0.2, -0.15) is 0 Å². The number of carbonyl (C=O) groups is 1. The Morgan fingerprint density at radius 2 is 1.95 bits per heavy atom. The Labute approximate surface area is 131 Å². The molecule has 0 spiro atoms. The second kappa shape index (κ2) is 6.72. The molecule has 1 unspecified atom stereocenters. The molecule has 0 radical (unpaired) electrons. The summed E-state index contributed by atoms with van der Waals surface area (Å²) in [6.07, 6.45) is 0.277. The molecule has 0 heterocycles. The zero-order valence-corrected chi connectivity index (χ0v) is 13.2. The quantitative estimate of drug-likeness (QED) is 0.807. The van der Waals surface area contributed by atoms with Crippen molar-refractivity contribution < 1.29 is 9.18 Å². The molecule has 1 atom stereocenters. The molecular weight excluding hydrogens is 335 g/mol. The van der Waals surface area contributed by atoms with Crippen molar-refractivity contribution >= 4 is 33.2 Å². The van der Waals surface area contributed by atoms with Crippen LogP contribution in [0.1, 0.15) is 24.8 Å². The van der Waals surface area contributed by atoms with Gasteiger partial charge in [-0.25, -0.2) is 4.39 Å². The van der Waals surface area contributed by atoms with Crippen LogP contribution in [-0.4, -0.2) is 5.91 Å². The molecule has 0 fully saturated rings. The van der Waals surface area contributed by atoms with Gasteiger partial charge < -0.3 is 11.1 Å². The number of nitrogen functional groups attached to an aromatic ring is 1. The lowest BCUT2D eigenvalue weighted by Gasteiger charge is -2.13. The summed E-state index contributed by atoms with van der Waals surface area (Å²) in [5.41, 5.74) is 7.53. The molecule has 2 aromatic rings. The van der Waals surface area contributed by atoms with Crippen LogP contribution in [0, 0.1) is 5.82 Å². The topological polar surface area (TPSA) is 55.1 Å². The number of anilines is 2. The molecular formula is C16H16BrFN2O. The van der Waals surface area contributed by atoms with E-state index < -0.39 is 5.82 Å². The van der Waals surface area contributed by atoms with E-state index in [2.05, 4.69) is 21.2 Å². The van der Waals surface area contributed by atoms with E-state index in [0.717, 1.165) is 5.56 Å². The maximum atomic E-state index is 13.7. The van der Waals surface area contributed by atoms with E-state index in [9.17, 15) is 9.18 Å². The van der Waals surface area contributed by atoms with E-state index in [1.54, 1.807) is 18.2 Å². The van der Waals surface area contributed by atoms with E-state index in [0.29, 0.717) is 10.2 Å². The van der Waals surface area contributed by atoms with Gasteiger partial charge in [-0.05, 0) is 41.8 Å². The zero-order valence-electron chi connectivity index (χ0n) is 11.6. The molecule has 0 aliphatic rings. The Hall–Kier alpha value is -1.88. The van der Waals surface area contributed by atoms with Gasteiger partial charge in [-0.1, -0.05) is 35.0 Å². The van der Waals surface area contributed by atoms with Crippen molar-refractivity contribution in [2.75, 3.05) is 11.1 Å². The number of carbonyl (C=O) groups excluding carboxylic acids is 1. The monoisotopic (exact) mass is 350 g/mol. The largest absolute Gasteiger partial charge is 0.399 e. The van der Waals surface area contributed by atoms with Crippen LogP contribution in [0.4, 0.5) is 15.8 Å². The summed E-state index contributed by atoms with van der Waals surface area (Å²) in [4.78, 5) is 12.0. The van der Waals surface area contributed by atoms with E-state index in [-0.39, 0.29) is 23.9 Å². The first-order valence-electron chi connectivity index (χ1n) is 6.56. The SMILES string of the molecule is CC(CC(=O)Nc1ccc(Br)cc1F)c1ccc(N)cc1. The third-order valence-electron chi connectivity index (χ3n) is 3.20. The molecule has 5 heteroatoms. The smallest absolute Gasteiger partial charge is 0.225 e.